The van der Waals surface area contributed by atoms with Gasteiger partial charge in [0.15, 0.2) is 0 Å². The van der Waals surface area contributed by atoms with E-state index in [4.69, 9.17) is 4.74 Å². The zero-order valence-corrected chi connectivity index (χ0v) is 21.3. The molecule has 2 N–H and O–H groups in total. The number of amides is 2. The van der Waals surface area contributed by atoms with Crippen LogP contribution in [0.1, 0.15) is 64.2 Å². The van der Waals surface area contributed by atoms with Crippen molar-refractivity contribution in [3.05, 3.63) is 29.8 Å². The number of nitrogens with zero attached hydrogens (tertiary/aromatic N) is 1. The second-order valence-electron chi connectivity index (χ2n) is 9.47. The summed E-state index contributed by atoms with van der Waals surface area (Å²) in [6, 6.07) is 5.24. The maximum absolute atomic E-state index is 12.9. The summed E-state index contributed by atoms with van der Waals surface area (Å²) >= 11 is 0. The van der Waals surface area contributed by atoms with Gasteiger partial charge in [0.2, 0.25) is 15.9 Å². The van der Waals surface area contributed by atoms with Crippen molar-refractivity contribution in [2.45, 2.75) is 70.9 Å². The van der Waals surface area contributed by atoms with Crippen molar-refractivity contribution in [3.8, 4) is 0 Å². The Morgan fingerprint density at radius 1 is 1.03 bits per heavy atom. The molecular formula is C24H39N3O5S. The molecule has 1 fully saturated rings. The van der Waals surface area contributed by atoms with E-state index in [1.807, 2.05) is 20.8 Å². The largest absolute Gasteiger partial charge is 0.379 e. The fourth-order valence-electron chi connectivity index (χ4n) is 3.73. The minimum Gasteiger partial charge on any atom is -0.379 e. The second-order valence-corrected chi connectivity index (χ2v) is 11.4. The lowest BCUT2D eigenvalue weighted by Crippen LogP contribution is -2.51. The Bertz CT molecular complexity index is 895. The maximum Gasteiger partial charge on any atom is 0.251 e. The Kier molecular flexibility index (Phi) is 10.3. The molecule has 186 valence electrons. The summed E-state index contributed by atoms with van der Waals surface area (Å²) in [5.74, 6) is -0.210. The van der Waals surface area contributed by atoms with Gasteiger partial charge in [-0.05, 0) is 43.4 Å². The van der Waals surface area contributed by atoms with Gasteiger partial charge in [-0.15, -0.1) is 0 Å². The molecule has 1 unspecified atom stereocenters. The van der Waals surface area contributed by atoms with Crippen molar-refractivity contribution in [3.63, 3.8) is 0 Å². The Hall–Kier alpha value is -1.97. The van der Waals surface area contributed by atoms with Crippen molar-refractivity contribution >= 4 is 21.8 Å². The van der Waals surface area contributed by atoms with E-state index in [2.05, 4.69) is 24.5 Å². The number of sulfonamides is 1. The highest BCUT2D eigenvalue weighted by Crippen LogP contribution is 2.19. The molecule has 1 aromatic carbocycles. The monoisotopic (exact) mass is 481 g/mol. The zero-order valence-electron chi connectivity index (χ0n) is 20.5. The van der Waals surface area contributed by atoms with Gasteiger partial charge in [0.1, 0.15) is 6.04 Å². The van der Waals surface area contributed by atoms with Crippen LogP contribution in [0.2, 0.25) is 0 Å². The molecule has 8 nitrogen and oxygen atoms in total. The average Bonchev–Trinajstić information content (AvgIpc) is 2.77. The highest BCUT2D eigenvalue weighted by Gasteiger charge is 2.29. The predicted octanol–water partition coefficient (Wildman–Crippen LogP) is 2.79. The lowest BCUT2D eigenvalue weighted by molar-refractivity contribution is -0.124. The van der Waals surface area contributed by atoms with Gasteiger partial charge in [-0.1, -0.05) is 46.6 Å². The summed E-state index contributed by atoms with van der Waals surface area (Å²) in [4.78, 5) is 25.8. The summed E-state index contributed by atoms with van der Waals surface area (Å²) in [6.07, 6.45) is 3.01. The number of nitrogens with one attached hydrogen (secondary N) is 2. The first kappa shape index (κ1) is 27.3. The molecule has 2 amide bonds. The average molecular weight is 482 g/mol. The van der Waals surface area contributed by atoms with Gasteiger partial charge in [-0.3, -0.25) is 9.59 Å². The van der Waals surface area contributed by atoms with Gasteiger partial charge in [-0.25, -0.2) is 8.42 Å². The normalized spacial score (nSPS) is 17.1. The summed E-state index contributed by atoms with van der Waals surface area (Å²) in [5, 5.41) is 5.79. The van der Waals surface area contributed by atoms with Crippen LogP contribution in [0.3, 0.4) is 0 Å². The molecule has 9 heteroatoms. The van der Waals surface area contributed by atoms with Crippen molar-refractivity contribution in [2.75, 3.05) is 26.3 Å². The molecule has 0 spiro atoms. The number of benzene rings is 1. The molecule has 33 heavy (non-hydrogen) atoms. The smallest absolute Gasteiger partial charge is 0.251 e. The van der Waals surface area contributed by atoms with Crippen LogP contribution in [0.25, 0.3) is 0 Å². The fraction of sp³-hybridized carbons (Fsp3) is 0.667. The maximum atomic E-state index is 12.9. The molecule has 0 aliphatic carbocycles. The molecule has 1 saturated heterocycles. The third kappa shape index (κ3) is 8.08. The predicted molar refractivity (Wildman–Crippen MR) is 128 cm³/mol. The highest BCUT2D eigenvalue weighted by molar-refractivity contribution is 7.89. The molecule has 0 bridgehead atoms. The topological polar surface area (TPSA) is 105 Å². The summed E-state index contributed by atoms with van der Waals surface area (Å²) in [6.45, 7) is 11.3. The number of ether oxygens (including phenoxy) is 1. The van der Waals surface area contributed by atoms with Gasteiger partial charge in [0.25, 0.3) is 5.91 Å². The van der Waals surface area contributed by atoms with E-state index in [0.29, 0.717) is 19.1 Å². The second kappa shape index (κ2) is 12.5. The van der Waals surface area contributed by atoms with E-state index in [9.17, 15) is 18.0 Å². The van der Waals surface area contributed by atoms with E-state index >= 15 is 0 Å². The molecule has 1 aliphatic rings. The van der Waals surface area contributed by atoms with Gasteiger partial charge in [0.05, 0.1) is 18.1 Å². The third-order valence-electron chi connectivity index (χ3n) is 5.75. The molecule has 2 rings (SSSR count). The van der Waals surface area contributed by atoms with Crippen LogP contribution in [0.15, 0.2) is 29.2 Å². The van der Waals surface area contributed by atoms with Gasteiger partial charge < -0.3 is 15.4 Å². The molecule has 0 saturated carbocycles. The molecule has 0 radical (unpaired) electrons. The quantitative estimate of drug-likeness (QED) is 0.506. The first-order valence-electron chi connectivity index (χ1n) is 11.8. The molecule has 1 heterocycles. The van der Waals surface area contributed by atoms with Gasteiger partial charge >= 0.3 is 0 Å². The number of hydrogen-bond acceptors (Lipinski definition) is 5. The van der Waals surface area contributed by atoms with Crippen LogP contribution < -0.4 is 10.6 Å². The first-order valence-corrected chi connectivity index (χ1v) is 13.3. The third-order valence-corrected chi connectivity index (χ3v) is 7.64. The van der Waals surface area contributed by atoms with E-state index in [1.54, 1.807) is 12.1 Å². The first-order chi connectivity index (χ1) is 15.5. The lowest BCUT2D eigenvalue weighted by atomic mass is 10.0. The van der Waals surface area contributed by atoms with Crippen molar-refractivity contribution in [1.29, 1.82) is 0 Å². The summed E-state index contributed by atoms with van der Waals surface area (Å²) in [5.41, 5.74) is 0.202. The van der Waals surface area contributed by atoms with Crippen LogP contribution in [0, 0.1) is 11.8 Å². The van der Waals surface area contributed by atoms with E-state index in [-0.39, 0.29) is 41.4 Å². The SMILES string of the molecule is CC(C)CCCC(C)NC(=O)[C@@H](NC(=O)c1cccc(S(=O)(=O)N2CCOCC2)c1)C(C)C. The summed E-state index contributed by atoms with van der Waals surface area (Å²) < 4.78 is 32.4. The molecule has 1 aliphatic heterocycles. The Morgan fingerprint density at radius 3 is 2.30 bits per heavy atom. The molecular weight excluding hydrogens is 442 g/mol. The number of rotatable bonds is 11. The van der Waals surface area contributed by atoms with Crippen LogP contribution in [-0.2, 0) is 19.6 Å². The number of hydrogen-bond donors (Lipinski definition) is 2. The highest BCUT2D eigenvalue weighted by atomic mass is 32.2. The van der Waals surface area contributed by atoms with Crippen LogP contribution in [0.4, 0.5) is 0 Å². The minimum atomic E-state index is -3.72. The number of carbonyl (C=O) groups excluding carboxylic acids is 2. The molecule has 1 aromatic rings. The van der Waals surface area contributed by atoms with Gasteiger partial charge in [-0.2, -0.15) is 4.31 Å². The van der Waals surface area contributed by atoms with E-state index < -0.39 is 22.0 Å². The van der Waals surface area contributed by atoms with Crippen molar-refractivity contribution in [2.24, 2.45) is 11.8 Å². The standard InChI is InChI=1S/C24H39N3O5S/c1-17(2)8-6-9-19(5)25-24(29)22(18(3)4)26-23(28)20-10-7-11-21(16-20)33(30,31)27-12-14-32-15-13-27/h7,10-11,16-19,22H,6,8-9,12-15H2,1-5H3,(H,25,29)(H,26,28)/t19?,22-/m0/s1. The van der Waals surface area contributed by atoms with Crippen LogP contribution in [-0.4, -0.2) is 62.9 Å². The fourth-order valence-corrected chi connectivity index (χ4v) is 5.18. The zero-order chi connectivity index (χ0) is 24.6. The van der Waals surface area contributed by atoms with Gasteiger partial charge in [0, 0.05) is 24.7 Å². The van der Waals surface area contributed by atoms with Crippen LogP contribution in [0.5, 0.6) is 0 Å². The summed E-state index contributed by atoms with van der Waals surface area (Å²) in [7, 11) is -3.72. The van der Waals surface area contributed by atoms with E-state index in [1.165, 1.54) is 16.4 Å². The molecule has 2 atom stereocenters. The Balaban J connectivity index is 2.06. The lowest BCUT2D eigenvalue weighted by Gasteiger charge is -2.26. The Morgan fingerprint density at radius 2 is 1.70 bits per heavy atom. The van der Waals surface area contributed by atoms with Crippen molar-refractivity contribution in [1.82, 2.24) is 14.9 Å². The Labute approximate surface area is 198 Å². The number of morpholine rings is 1. The molecule has 0 aromatic heterocycles. The van der Waals surface area contributed by atoms with Crippen molar-refractivity contribution < 1.29 is 22.7 Å². The number of carbonyl (C=O) groups is 2. The minimum absolute atomic E-state index is 0.0106. The van der Waals surface area contributed by atoms with E-state index in [0.717, 1.165) is 19.3 Å². The van der Waals surface area contributed by atoms with Crippen LogP contribution >= 0.6 is 0 Å².